The minimum absolute atomic E-state index is 0.0957. The van der Waals surface area contributed by atoms with E-state index >= 15 is 0 Å². The molecular formula is C18H23ClN4O3. The molecule has 0 aliphatic carbocycles. The molecule has 0 aliphatic heterocycles. The third-order valence-electron chi connectivity index (χ3n) is 3.06. The van der Waals surface area contributed by atoms with Crippen LogP contribution in [0.15, 0.2) is 30.0 Å². The molecule has 0 saturated heterocycles. The molecule has 0 atom stereocenters. The minimum Gasteiger partial charge on any atom is -0.444 e. The maximum absolute atomic E-state index is 12.2. The monoisotopic (exact) mass is 378 g/mol. The van der Waals surface area contributed by atoms with Crippen LogP contribution >= 0.6 is 11.6 Å². The number of nitrogens with zero attached hydrogens (tertiary/aromatic N) is 1. The molecule has 140 valence electrons. The van der Waals surface area contributed by atoms with Crippen molar-refractivity contribution >= 4 is 29.3 Å². The number of carbonyl (C=O) groups is 2. The summed E-state index contributed by atoms with van der Waals surface area (Å²) in [5, 5.41) is 17.7. The van der Waals surface area contributed by atoms with Crippen LogP contribution in [-0.4, -0.2) is 30.7 Å². The maximum atomic E-state index is 12.2. The fourth-order valence-electron chi connectivity index (χ4n) is 1.81. The van der Waals surface area contributed by atoms with Crippen LogP contribution in [0.4, 0.5) is 10.5 Å². The van der Waals surface area contributed by atoms with Crippen molar-refractivity contribution in [2.75, 3.05) is 18.4 Å². The summed E-state index contributed by atoms with van der Waals surface area (Å²) in [5.74, 6) is -0.550. The number of nitriles is 1. The number of anilines is 1. The van der Waals surface area contributed by atoms with Crippen LogP contribution < -0.4 is 16.0 Å². The Morgan fingerprint density at radius 2 is 2.00 bits per heavy atom. The quantitative estimate of drug-likeness (QED) is 0.401. The van der Waals surface area contributed by atoms with Gasteiger partial charge in [-0.2, -0.15) is 5.26 Å². The van der Waals surface area contributed by atoms with Crippen LogP contribution in [-0.2, 0) is 9.53 Å². The molecule has 0 radical (unpaired) electrons. The standard InChI is InChI=1S/C18H23ClN4O3/c1-12-14(19)6-5-7-15(12)23-16(24)13(10-20)11-21-8-9-22-17(25)26-18(2,3)4/h5-7,11,21H,8-9H2,1-4H3,(H,22,25)(H,23,24)/b13-11-. The second-order valence-electron chi connectivity index (χ2n) is 6.42. The normalized spacial score (nSPS) is 11.3. The molecule has 0 bridgehead atoms. The van der Waals surface area contributed by atoms with Crippen molar-refractivity contribution in [3.05, 3.63) is 40.6 Å². The van der Waals surface area contributed by atoms with Gasteiger partial charge in [0.15, 0.2) is 0 Å². The average Bonchev–Trinajstić information content (AvgIpc) is 2.53. The van der Waals surface area contributed by atoms with Gasteiger partial charge in [-0.3, -0.25) is 4.79 Å². The third-order valence-corrected chi connectivity index (χ3v) is 3.47. The van der Waals surface area contributed by atoms with Crippen LogP contribution in [0.1, 0.15) is 26.3 Å². The van der Waals surface area contributed by atoms with Gasteiger partial charge in [0.25, 0.3) is 5.91 Å². The summed E-state index contributed by atoms with van der Waals surface area (Å²) >= 11 is 6.01. The van der Waals surface area contributed by atoms with Gasteiger partial charge in [0.2, 0.25) is 0 Å². The predicted octanol–water partition coefficient (Wildman–Crippen LogP) is 3.11. The smallest absolute Gasteiger partial charge is 0.407 e. The molecule has 8 heteroatoms. The summed E-state index contributed by atoms with van der Waals surface area (Å²) in [6.07, 6.45) is 0.768. The SMILES string of the molecule is Cc1c(Cl)cccc1NC(=O)/C(C#N)=C\NCCNC(=O)OC(C)(C)C. The van der Waals surface area contributed by atoms with Crippen molar-refractivity contribution in [2.45, 2.75) is 33.3 Å². The summed E-state index contributed by atoms with van der Waals surface area (Å²) < 4.78 is 5.09. The van der Waals surface area contributed by atoms with E-state index in [1.807, 2.05) is 6.07 Å². The number of benzene rings is 1. The lowest BCUT2D eigenvalue weighted by molar-refractivity contribution is -0.112. The highest BCUT2D eigenvalue weighted by molar-refractivity contribution is 6.31. The first-order valence-corrected chi connectivity index (χ1v) is 8.39. The van der Waals surface area contributed by atoms with Gasteiger partial charge in [-0.25, -0.2) is 4.79 Å². The van der Waals surface area contributed by atoms with E-state index in [4.69, 9.17) is 21.6 Å². The highest BCUT2D eigenvalue weighted by Gasteiger charge is 2.15. The molecule has 0 unspecified atom stereocenters. The molecular weight excluding hydrogens is 356 g/mol. The Kier molecular flexibility index (Phi) is 7.94. The molecule has 1 rings (SSSR count). The molecule has 26 heavy (non-hydrogen) atoms. The number of ether oxygens (including phenoxy) is 1. The van der Waals surface area contributed by atoms with Crippen LogP contribution in [0.25, 0.3) is 0 Å². The number of hydrogen-bond donors (Lipinski definition) is 3. The first-order chi connectivity index (χ1) is 12.1. The van der Waals surface area contributed by atoms with E-state index in [2.05, 4.69) is 16.0 Å². The second-order valence-corrected chi connectivity index (χ2v) is 6.83. The Hall–Kier alpha value is -2.72. The minimum atomic E-state index is -0.568. The lowest BCUT2D eigenvalue weighted by atomic mass is 10.2. The highest BCUT2D eigenvalue weighted by Crippen LogP contribution is 2.23. The first-order valence-electron chi connectivity index (χ1n) is 8.01. The summed E-state index contributed by atoms with van der Waals surface area (Å²) in [5.41, 5.74) is 0.591. The van der Waals surface area contributed by atoms with Gasteiger partial charge < -0.3 is 20.7 Å². The largest absolute Gasteiger partial charge is 0.444 e. The summed E-state index contributed by atoms with van der Waals surface area (Å²) in [4.78, 5) is 23.6. The zero-order valence-electron chi connectivity index (χ0n) is 15.3. The third kappa shape index (κ3) is 7.45. The van der Waals surface area contributed by atoms with Crippen LogP contribution in [0.5, 0.6) is 0 Å². The van der Waals surface area contributed by atoms with Gasteiger partial charge >= 0.3 is 6.09 Å². The average molecular weight is 379 g/mol. The van der Waals surface area contributed by atoms with Crippen molar-refractivity contribution in [3.63, 3.8) is 0 Å². The van der Waals surface area contributed by atoms with E-state index in [-0.39, 0.29) is 12.1 Å². The number of hydrogen-bond acceptors (Lipinski definition) is 5. The molecule has 0 aromatic heterocycles. The number of carbonyl (C=O) groups excluding carboxylic acids is 2. The molecule has 0 aliphatic rings. The zero-order valence-corrected chi connectivity index (χ0v) is 16.0. The summed E-state index contributed by atoms with van der Waals surface area (Å²) in [6.45, 7) is 7.69. The highest BCUT2D eigenvalue weighted by atomic mass is 35.5. The summed E-state index contributed by atoms with van der Waals surface area (Å²) in [7, 11) is 0. The van der Waals surface area contributed by atoms with E-state index in [1.165, 1.54) is 6.20 Å². The van der Waals surface area contributed by atoms with Crippen molar-refractivity contribution in [2.24, 2.45) is 0 Å². The Balaban J connectivity index is 2.50. The molecule has 7 nitrogen and oxygen atoms in total. The fraction of sp³-hybridized carbons (Fsp3) is 0.389. The molecule has 0 fully saturated rings. The van der Waals surface area contributed by atoms with Gasteiger partial charge in [0.1, 0.15) is 17.2 Å². The lowest BCUT2D eigenvalue weighted by Gasteiger charge is -2.19. The van der Waals surface area contributed by atoms with Gasteiger partial charge in [0.05, 0.1) is 0 Å². The Morgan fingerprint density at radius 3 is 2.62 bits per heavy atom. The van der Waals surface area contributed by atoms with E-state index in [0.29, 0.717) is 22.8 Å². The van der Waals surface area contributed by atoms with Crippen molar-refractivity contribution in [1.82, 2.24) is 10.6 Å². The Bertz CT molecular complexity index is 733. The van der Waals surface area contributed by atoms with Crippen LogP contribution in [0.2, 0.25) is 5.02 Å². The fourth-order valence-corrected chi connectivity index (χ4v) is 1.98. The van der Waals surface area contributed by atoms with Crippen molar-refractivity contribution in [3.8, 4) is 6.07 Å². The van der Waals surface area contributed by atoms with Gasteiger partial charge in [-0.1, -0.05) is 17.7 Å². The summed E-state index contributed by atoms with van der Waals surface area (Å²) in [6, 6.07) is 6.95. The Labute approximate surface area is 158 Å². The lowest BCUT2D eigenvalue weighted by Crippen LogP contribution is -2.35. The number of rotatable bonds is 6. The first kappa shape index (κ1) is 21.3. The van der Waals surface area contributed by atoms with E-state index in [1.54, 1.807) is 45.9 Å². The van der Waals surface area contributed by atoms with E-state index < -0.39 is 17.6 Å². The number of amides is 2. The Morgan fingerprint density at radius 1 is 1.31 bits per heavy atom. The van der Waals surface area contributed by atoms with Gasteiger partial charge in [0, 0.05) is 30.0 Å². The topological polar surface area (TPSA) is 103 Å². The van der Waals surface area contributed by atoms with E-state index in [0.717, 1.165) is 0 Å². The molecule has 2 amide bonds. The molecule has 1 aromatic rings. The van der Waals surface area contributed by atoms with Crippen LogP contribution in [0.3, 0.4) is 0 Å². The van der Waals surface area contributed by atoms with E-state index in [9.17, 15) is 9.59 Å². The van der Waals surface area contributed by atoms with Crippen LogP contribution in [0, 0.1) is 18.3 Å². The molecule has 3 N–H and O–H groups in total. The van der Waals surface area contributed by atoms with Crippen molar-refractivity contribution in [1.29, 1.82) is 5.26 Å². The number of nitrogens with one attached hydrogen (secondary N) is 3. The molecule has 1 aromatic carbocycles. The predicted molar refractivity (Wildman–Crippen MR) is 101 cm³/mol. The zero-order chi connectivity index (χ0) is 19.7. The number of halogens is 1. The molecule has 0 spiro atoms. The maximum Gasteiger partial charge on any atom is 0.407 e. The molecule has 0 heterocycles. The molecule has 0 saturated carbocycles. The second kappa shape index (κ2) is 9.68. The van der Waals surface area contributed by atoms with Gasteiger partial charge in [-0.15, -0.1) is 0 Å². The number of alkyl carbamates (subject to hydrolysis) is 1. The van der Waals surface area contributed by atoms with Gasteiger partial charge in [-0.05, 0) is 45.4 Å². The van der Waals surface area contributed by atoms with Crippen molar-refractivity contribution < 1.29 is 14.3 Å².